The van der Waals surface area contributed by atoms with Crippen LogP contribution in [0.2, 0.25) is 0 Å². The van der Waals surface area contributed by atoms with Gasteiger partial charge >= 0.3 is 6.09 Å². The third-order valence-corrected chi connectivity index (χ3v) is 5.80. The molecule has 2 aliphatic heterocycles. The number of carbonyl (C=O) groups excluding carboxylic acids is 1. The third-order valence-electron chi connectivity index (χ3n) is 5.39. The van der Waals surface area contributed by atoms with E-state index in [1.807, 2.05) is 12.1 Å². The van der Waals surface area contributed by atoms with E-state index in [0.717, 1.165) is 24.6 Å². The molecule has 2 atom stereocenters. The number of nitrogens with one attached hydrogen (secondary N) is 1. The molecule has 10 heteroatoms. The molecule has 1 unspecified atom stereocenters. The van der Waals surface area contributed by atoms with Crippen molar-refractivity contribution in [3.63, 3.8) is 0 Å². The number of fused-ring (bicyclic) bond motifs is 3. The highest BCUT2D eigenvalue weighted by Gasteiger charge is 2.59. The standard InChI is InChI=1S/C16H23N3O2.CH4O4S/c1-16-8-9-19(4,5)14(16)18(3)13-7-6-11(10-12(13)16)21-15(20)17-2;1-5-6(2,3)4/h6-7,10,14H,8-9H2,1-5H3;1H3,(H,2,3,4)/t14?,16-;/m0./s1. The molecular weight excluding hydrogens is 374 g/mol. The van der Waals surface area contributed by atoms with Crippen LogP contribution in [0.4, 0.5) is 10.5 Å². The first-order chi connectivity index (χ1) is 12.4. The van der Waals surface area contributed by atoms with Gasteiger partial charge in [-0.05, 0) is 30.7 Å². The molecule has 0 radical (unpaired) electrons. The van der Waals surface area contributed by atoms with E-state index in [1.165, 1.54) is 11.3 Å². The van der Waals surface area contributed by atoms with Crippen molar-refractivity contribution in [2.75, 3.05) is 46.7 Å². The summed E-state index contributed by atoms with van der Waals surface area (Å²) in [6.07, 6.45) is 1.15. The molecule has 3 rings (SSSR count). The van der Waals surface area contributed by atoms with Gasteiger partial charge in [-0.3, -0.25) is 4.18 Å². The van der Waals surface area contributed by atoms with Crippen LogP contribution in [0.3, 0.4) is 0 Å². The van der Waals surface area contributed by atoms with Gasteiger partial charge in [-0.1, -0.05) is 0 Å². The largest absolute Gasteiger partial charge is 0.726 e. The van der Waals surface area contributed by atoms with E-state index in [-0.39, 0.29) is 5.41 Å². The van der Waals surface area contributed by atoms with E-state index in [4.69, 9.17) is 4.74 Å². The maximum absolute atomic E-state index is 11.4. The van der Waals surface area contributed by atoms with Crippen molar-refractivity contribution < 1.29 is 31.2 Å². The van der Waals surface area contributed by atoms with Gasteiger partial charge in [0.25, 0.3) is 0 Å². The quantitative estimate of drug-likeness (QED) is 0.448. The summed E-state index contributed by atoms with van der Waals surface area (Å²) in [7, 11) is 4.71. The van der Waals surface area contributed by atoms with Crippen LogP contribution in [0, 0.1) is 0 Å². The van der Waals surface area contributed by atoms with Crippen LogP contribution in [-0.4, -0.2) is 71.6 Å². The number of anilines is 1. The molecule has 1 aromatic carbocycles. The molecule has 0 spiro atoms. The van der Waals surface area contributed by atoms with Gasteiger partial charge in [0.1, 0.15) is 5.75 Å². The van der Waals surface area contributed by atoms with Crippen molar-refractivity contribution in [3.8, 4) is 5.75 Å². The number of quaternary nitrogens is 1. The first-order valence-electron chi connectivity index (χ1n) is 8.47. The highest BCUT2D eigenvalue weighted by Crippen LogP contribution is 2.53. The van der Waals surface area contributed by atoms with Gasteiger partial charge in [0, 0.05) is 26.2 Å². The summed E-state index contributed by atoms with van der Waals surface area (Å²) in [5.41, 5.74) is 2.65. The van der Waals surface area contributed by atoms with Crippen LogP contribution < -0.4 is 15.0 Å². The highest BCUT2D eigenvalue weighted by molar-refractivity contribution is 7.80. The van der Waals surface area contributed by atoms with Gasteiger partial charge in [0.05, 0.1) is 33.2 Å². The molecular formula is C17H27N3O6S. The third kappa shape index (κ3) is 4.18. The molecule has 1 amide bonds. The van der Waals surface area contributed by atoms with Crippen LogP contribution >= 0.6 is 0 Å². The molecule has 1 N–H and O–H groups in total. The van der Waals surface area contributed by atoms with Crippen molar-refractivity contribution in [1.82, 2.24) is 5.32 Å². The number of hydrogen-bond donors (Lipinski definition) is 1. The van der Waals surface area contributed by atoms with Gasteiger partial charge in [0.15, 0.2) is 6.17 Å². The van der Waals surface area contributed by atoms with Gasteiger partial charge < -0.3 is 24.0 Å². The Balaban J connectivity index is 0.000000380. The summed E-state index contributed by atoms with van der Waals surface area (Å²) in [5.74, 6) is 0.612. The first kappa shape index (κ1) is 21.4. The van der Waals surface area contributed by atoms with E-state index < -0.39 is 16.5 Å². The molecule has 27 heavy (non-hydrogen) atoms. The second-order valence-electron chi connectivity index (χ2n) is 7.55. The van der Waals surface area contributed by atoms with Crippen molar-refractivity contribution in [2.24, 2.45) is 0 Å². The van der Waals surface area contributed by atoms with Crippen LogP contribution in [-0.2, 0) is 20.0 Å². The summed E-state index contributed by atoms with van der Waals surface area (Å²) < 4.78 is 37.3. The Hall–Kier alpha value is -1.88. The summed E-state index contributed by atoms with van der Waals surface area (Å²) in [5, 5.41) is 2.48. The van der Waals surface area contributed by atoms with E-state index in [9.17, 15) is 17.8 Å². The number of nitrogens with zero attached hydrogens (tertiary/aromatic N) is 2. The predicted octanol–water partition coefficient (Wildman–Crippen LogP) is 1.01. The Bertz CT molecular complexity index is 826. The number of likely N-dealkylation sites (tertiary alicyclic amines) is 1. The first-order valence-corrected chi connectivity index (χ1v) is 9.80. The Labute approximate surface area is 160 Å². The molecule has 2 aliphatic rings. The Morgan fingerprint density at radius 3 is 2.52 bits per heavy atom. The number of likely N-dealkylation sites (N-methyl/N-ethyl adjacent to an activating group) is 2. The second kappa shape index (κ2) is 7.27. The van der Waals surface area contributed by atoms with Crippen LogP contribution in [0.5, 0.6) is 5.75 Å². The SMILES string of the molecule is CNC(=O)Oc1ccc2c(c1)[C@]1(C)CC[N+](C)(C)C1N2C.COS(=O)(=O)[O-]. The fourth-order valence-electron chi connectivity index (χ4n) is 4.35. The zero-order chi connectivity index (χ0) is 20.6. The summed E-state index contributed by atoms with van der Waals surface area (Å²) in [4.78, 5) is 13.8. The maximum Gasteiger partial charge on any atom is 0.412 e. The van der Waals surface area contributed by atoms with Crippen molar-refractivity contribution in [2.45, 2.75) is 24.9 Å². The van der Waals surface area contributed by atoms with Gasteiger partial charge in [-0.15, -0.1) is 0 Å². The lowest BCUT2D eigenvalue weighted by Gasteiger charge is -2.38. The number of amides is 1. The molecule has 0 aromatic heterocycles. The minimum atomic E-state index is -4.41. The molecule has 1 fully saturated rings. The molecule has 2 heterocycles. The van der Waals surface area contributed by atoms with Gasteiger partial charge in [0.2, 0.25) is 10.4 Å². The number of hydrogen-bond acceptors (Lipinski definition) is 7. The number of carbonyl (C=O) groups is 1. The number of rotatable bonds is 2. The molecule has 0 aliphatic carbocycles. The van der Waals surface area contributed by atoms with E-state index in [1.54, 1.807) is 7.05 Å². The molecule has 0 saturated carbocycles. The van der Waals surface area contributed by atoms with Crippen molar-refractivity contribution >= 4 is 22.2 Å². The molecule has 9 nitrogen and oxygen atoms in total. The monoisotopic (exact) mass is 401 g/mol. The maximum atomic E-state index is 11.4. The smallest absolute Gasteiger partial charge is 0.412 e. The molecule has 0 bridgehead atoms. The summed E-state index contributed by atoms with van der Waals surface area (Å²) >= 11 is 0. The number of ether oxygens (including phenoxy) is 1. The van der Waals surface area contributed by atoms with E-state index >= 15 is 0 Å². The van der Waals surface area contributed by atoms with E-state index in [2.05, 4.69) is 48.5 Å². The van der Waals surface area contributed by atoms with Crippen molar-refractivity contribution in [3.05, 3.63) is 23.8 Å². The number of benzene rings is 1. The fourth-order valence-corrected chi connectivity index (χ4v) is 4.35. The molecule has 152 valence electrons. The summed E-state index contributed by atoms with van der Waals surface area (Å²) in [6, 6.07) is 5.97. The minimum absolute atomic E-state index is 0.107. The average Bonchev–Trinajstić information content (AvgIpc) is 2.97. The van der Waals surface area contributed by atoms with Gasteiger partial charge in [-0.2, -0.15) is 0 Å². The molecule has 1 aromatic rings. The minimum Gasteiger partial charge on any atom is -0.726 e. The Morgan fingerprint density at radius 1 is 1.41 bits per heavy atom. The van der Waals surface area contributed by atoms with Gasteiger partial charge in [-0.25, -0.2) is 13.2 Å². The lowest BCUT2D eigenvalue weighted by Crippen LogP contribution is -2.55. The second-order valence-corrected chi connectivity index (χ2v) is 8.70. The topological polar surface area (TPSA) is 108 Å². The van der Waals surface area contributed by atoms with E-state index in [0.29, 0.717) is 11.9 Å². The lowest BCUT2D eigenvalue weighted by molar-refractivity contribution is -0.903. The Morgan fingerprint density at radius 2 is 2.00 bits per heavy atom. The van der Waals surface area contributed by atoms with Crippen LogP contribution in [0.25, 0.3) is 0 Å². The normalized spacial score (nSPS) is 25.1. The lowest BCUT2D eigenvalue weighted by atomic mass is 9.81. The van der Waals surface area contributed by atoms with Crippen molar-refractivity contribution in [1.29, 1.82) is 0 Å². The highest BCUT2D eigenvalue weighted by atomic mass is 32.3. The zero-order valence-corrected chi connectivity index (χ0v) is 17.3. The summed E-state index contributed by atoms with van der Waals surface area (Å²) in [6.45, 7) is 3.49. The van der Waals surface area contributed by atoms with Crippen LogP contribution in [0.1, 0.15) is 18.9 Å². The average molecular weight is 401 g/mol. The predicted molar refractivity (Wildman–Crippen MR) is 99.4 cm³/mol. The van der Waals surface area contributed by atoms with Crippen LogP contribution in [0.15, 0.2) is 18.2 Å². The zero-order valence-electron chi connectivity index (χ0n) is 16.5. The Kier molecular flexibility index (Phi) is 5.77. The fraction of sp³-hybridized carbons (Fsp3) is 0.588. The molecule has 1 saturated heterocycles.